The van der Waals surface area contributed by atoms with Crippen LogP contribution in [-0.2, 0) is 4.79 Å². The standard InChI is InChI=1S/C21H26N2O4/c1-5-26-17-8-6-16(7-9-17)21(25)23-22-20(24)13-27-18-10-11-19(14(2)3)15(4)12-18/h6-12,14H,5,13H2,1-4H3,(H,22,24)(H,23,25). The van der Waals surface area contributed by atoms with Crippen LogP contribution < -0.4 is 20.3 Å². The third kappa shape index (κ3) is 6.02. The quantitative estimate of drug-likeness (QED) is 0.733. The average molecular weight is 370 g/mol. The van der Waals surface area contributed by atoms with Gasteiger partial charge in [0.05, 0.1) is 6.61 Å². The van der Waals surface area contributed by atoms with Crippen LogP contribution in [0.4, 0.5) is 0 Å². The van der Waals surface area contributed by atoms with Crippen molar-refractivity contribution < 1.29 is 19.1 Å². The highest BCUT2D eigenvalue weighted by Crippen LogP contribution is 2.23. The molecule has 0 saturated carbocycles. The van der Waals surface area contributed by atoms with Crippen molar-refractivity contribution in [3.8, 4) is 11.5 Å². The van der Waals surface area contributed by atoms with Crippen molar-refractivity contribution in [3.63, 3.8) is 0 Å². The van der Waals surface area contributed by atoms with E-state index in [1.807, 2.05) is 32.0 Å². The summed E-state index contributed by atoms with van der Waals surface area (Å²) in [5.74, 6) is 0.874. The van der Waals surface area contributed by atoms with Crippen LogP contribution in [0.15, 0.2) is 42.5 Å². The molecule has 2 N–H and O–H groups in total. The molecule has 6 heteroatoms. The molecule has 0 bridgehead atoms. The van der Waals surface area contributed by atoms with Gasteiger partial charge in [0.15, 0.2) is 6.61 Å². The van der Waals surface area contributed by atoms with Gasteiger partial charge in [0.1, 0.15) is 11.5 Å². The Kier molecular flexibility index (Phi) is 7.23. The zero-order chi connectivity index (χ0) is 19.8. The predicted octanol–water partition coefficient (Wildman–Crippen LogP) is 3.36. The largest absolute Gasteiger partial charge is 0.494 e. The molecule has 0 aliphatic rings. The van der Waals surface area contributed by atoms with E-state index in [1.165, 1.54) is 5.56 Å². The fourth-order valence-electron chi connectivity index (χ4n) is 2.64. The van der Waals surface area contributed by atoms with Crippen molar-refractivity contribution in [2.75, 3.05) is 13.2 Å². The van der Waals surface area contributed by atoms with Gasteiger partial charge >= 0.3 is 0 Å². The summed E-state index contributed by atoms with van der Waals surface area (Å²) in [4.78, 5) is 23.9. The van der Waals surface area contributed by atoms with Gasteiger partial charge in [-0.3, -0.25) is 20.4 Å². The maximum absolute atomic E-state index is 12.0. The van der Waals surface area contributed by atoms with Crippen LogP contribution in [0.3, 0.4) is 0 Å². The number of ether oxygens (including phenoxy) is 2. The number of benzene rings is 2. The van der Waals surface area contributed by atoms with Crippen LogP contribution in [0.25, 0.3) is 0 Å². The van der Waals surface area contributed by atoms with Crippen LogP contribution in [-0.4, -0.2) is 25.0 Å². The lowest BCUT2D eigenvalue weighted by molar-refractivity contribution is -0.123. The van der Waals surface area contributed by atoms with Gasteiger partial charge in [-0.05, 0) is 67.3 Å². The van der Waals surface area contributed by atoms with Gasteiger partial charge in [0.25, 0.3) is 11.8 Å². The summed E-state index contributed by atoms with van der Waals surface area (Å²) in [5.41, 5.74) is 7.48. The number of hydrogen-bond acceptors (Lipinski definition) is 4. The van der Waals surface area contributed by atoms with E-state index >= 15 is 0 Å². The summed E-state index contributed by atoms with van der Waals surface area (Å²) in [6, 6.07) is 12.4. The smallest absolute Gasteiger partial charge is 0.276 e. The fraction of sp³-hybridized carbons (Fsp3) is 0.333. The third-order valence-electron chi connectivity index (χ3n) is 3.98. The first kappa shape index (κ1) is 20.3. The van der Waals surface area contributed by atoms with E-state index in [-0.39, 0.29) is 6.61 Å². The number of hydrogen-bond donors (Lipinski definition) is 2. The molecule has 0 saturated heterocycles. The minimum atomic E-state index is -0.445. The molecule has 0 fully saturated rings. The maximum Gasteiger partial charge on any atom is 0.276 e. The number of nitrogens with one attached hydrogen (secondary N) is 2. The molecule has 27 heavy (non-hydrogen) atoms. The van der Waals surface area contributed by atoms with Gasteiger partial charge < -0.3 is 9.47 Å². The highest BCUT2D eigenvalue weighted by Gasteiger charge is 2.09. The third-order valence-corrected chi connectivity index (χ3v) is 3.98. The number of aryl methyl sites for hydroxylation is 1. The molecule has 144 valence electrons. The van der Waals surface area contributed by atoms with Gasteiger partial charge in [-0.25, -0.2) is 0 Å². The highest BCUT2D eigenvalue weighted by molar-refractivity contribution is 5.95. The molecule has 0 radical (unpaired) electrons. The van der Waals surface area contributed by atoms with E-state index in [0.717, 1.165) is 5.56 Å². The van der Waals surface area contributed by atoms with Gasteiger partial charge in [-0.1, -0.05) is 19.9 Å². The van der Waals surface area contributed by atoms with Crippen molar-refractivity contribution in [3.05, 3.63) is 59.2 Å². The molecule has 6 nitrogen and oxygen atoms in total. The lowest BCUT2D eigenvalue weighted by atomic mass is 9.98. The summed E-state index contributed by atoms with van der Waals surface area (Å²) >= 11 is 0. The second-order valence-electron chi connectivity index (χ2n) is 6.42. The summed E-state index contributed by atoms with van der Waals surface area (Å²) in [7, 11) is 0. The Morgan fingerprint density at radius 2 is 1.63 bits per heavy atom. The summed E-state index contributed by atoms with van der Waals surface area (Å²) < 4.78 is 10.8. The van der Waals surface area contributed by atoms with E-state index in [0.29, 0.717) is 29.6 Å². The first-order chi connectivity index (χ1) is 12.9. The first-order valence-corrected chi connectivity index (χ1v) is 8.96. The molecule has 2 aromatic carbocycles. The number of hydrazine groups is 1. The average Bonchev–Trinajstić information content (AvgIpc) is 2.65. The molecule has 0 heterocycles. The molecule has 0 aromatic heterocycles. The SMILES string of the molecule is CCOc1ccc(C(=O)NNC(=O)COc2ccc(C(C)C)c(C)c2)cc1. The van der Waals surface area contributed by atoms with Crippen molar-refractivity contribution in [1.82, 2.24) is 10.9 Å². The minimum absolute atomic E-state index is 0.190. The topological polar surface area (TPSA) is 76.7 Å². The molecule has 2 rings (SSSR count). The van der Waals surface area contributed by atoms with Crippen LogP contribution in [0.1, 0.15) is 48.2 Å². The molecule has 0 aliphatic heterocycles. The van der Waals surface area contributed by atoms with Gasteiger partial charge in [0.2, 0.25) is 0 Å². The Balaban J connectivity index is 1.80. The van der Waals surface area contributed by atoms with Crippen molar-refractivity contribution in [1.29, 1.82) is 0 Å². The molecule has 0 aliphatic carbocycles. The van der Waals surface area contributed by atoms with Crippen LogP contribution in [0.5, 0.6) is 11.5 Å². The lowest BCUT2D eigenvalue weighted by Gasteiger charge is -2.13. The van der Waals surface area contributed by atoms with Gasteiger partial charge in [-0.15, -0.1) is 0 Å². The van der Waals surface area contributed by atoms with Crippen LogP contribution in [0, 0.1) is 6.92 Å². The second kappa shape index (κ2) is 9.62. The molecule has 2 amide bonds. The monoisotopic (exact) mass is 370 g/mol. The van der Waals surface area contributed by atoms with Crippen LogP contribution in [0.2, 0.25) is 0 Å². The molecule has 0 unspecified atom stereocenters. The summed E-state index contributed by atoms with van der Waals surface area (Å²) in [6.07, 6.45) is 0. The zero-order valence-corrected chi connectivity index (χ0v) is 16.2. The number of rotatable bonds is 7. The number of carbonyl (C=O) groups is 2. The highest BCUT2D eigenvalue weighted by atomic mass is 16.5. The maximum atomic E-state index is 12.0. The van der Waals surface area contributed by atoms with E-state index in [2.05, 4.69) is 24.7 Å². The zero-order valence-electron chi connectivity index (χ0n) is 16.2. The van der Waals surface area contributed by atoms with Crippen LogP contribution >= 0.6 is 0 Å². The summed E-state index contributed by atoms with van der Waals surface area (Å²) in [5, 5.41) is 0. The normalized spacial score (nSPS) is 10.4. The molecule has 0 atom stereocenters. The lowest BCUT2D eigenvalue weighted by Crippen LogP contribution is -2.43. The minimum Gasteiger partial charge on any atom is -0.494 e. The number of amides is 2. The summed E-state index contributed by atoms with van der Waals surface area (Å²) in [6.45, 7) is 8.52. The van der Waals surface area contributed by atoms with Crippen molar-refractivity contribution in [2.24, 2.45) is 0 Å². The van der Waals surface area contributed by atoms with Gasteiger partial charge in [-0.2, -0.15) is 0 Å². The first-order valence-electron chi connectivity index (χ1n) is 8.96. The second-order valence-corrected chi connectivity index (χ2v) is 6.42. The molecule has 0 spiro atoms. The van der Waals surface area contributed by atoms with Crippen molar-refractivity contribution >= 4 is 11.8 Å². The molecule has 2 aromatic rings. The molecular formula is C21H26N2O4. The Morgan fingerprint density at radius 3 is 2.22 bits per heavy atom. The van der Waals surface area contributed by atoms with E-state index in [4.69, 9.17) is 9.47 Å². The Bertz CT molecular complexity index is 785. The Morgan fingerprint density at radius 1 is 0.963 bits per heavy atom. The fourth-order valence-corrected chi connectivity index (χ4v) is 2.64. The van der Waals surface area contributed by atoms with E-state index in [1.54, 1.807) is 24.3 Å². The van der Waals surface area contributed by atoms with Crippen molar-refractivity contribution in [2.45, 2.75) is 33.6 Å². The van der Waals surface area contributed by atoms with Gasteiger partial charge in [0, 0.05) is 5.56 Å². The Labute approximate surface area is 159 Å². The van der Waals surface area contributed by atoms with E-state index in [9.17, 15) is 9.59 Å². The molecular weight excluding hydrogens is 344 g/mol. The number of carbonyl (C=O) groups excluding carboxylic acids is 2. The predicted molar refractivity (Wildman–Crippen MR) is 104 cm³/mol. The van der Waals surface area contributed by atoms with E-state index < -0.39 is 11.8 Å². The Hall–Kier alpha value is -3.02.